The quantitative estimate of drug-likeness (QED) is 0.597. The van der Waals surface area contributed by atoms with E-state index in [1.807, 2.05) is 77.7 Å². The zero-order valence-electron chi connectivity index (χ0n) is 19.1. The van der Waals surface area contributed by atoms with Crippen molar-refractivity contribution >= 4 is 11.8 Å². The summed E-state index contributed by atoms with van der Waals surface area (Å²) in [6.07, 6.45) is 0.448. The molecule has 172 valence electrons. The Morgan fingerprint density at radius 3 is 2.06 bits per heavy atom. The van der Waals surface area contributed by atoms with E-state index in [1.165, 1.54) is 0 Å². The smallest absolute Gasteiger partial charge is 0.251 e. The maximum Gasteiger partial charge on any atom is 0.251 e. The third-order valence-corrected chi connectivity index (χ3v) is 6.10. The number of amides is 2. The van der Waals surface area contributed by atoms with Crippen LogP contribution in [0.1, 0.15) is 27.0 Å². The lowest BCUT2D eigenvalue weighted by atomic mass is 10.0. The molecule has 1 N–H and O–H groups in total. The van der Waals surface area contributed by atoms with Gasteiger partial charge in [-0.05, 0) is 35.4 Å². The summed E-state index contributed by atoms with van der Waals surface area (Å²) in [5.41, 5.74) is 3.35. The van der Waals surface area contributed by atoms with Gasteiger partial charge in [-0.15, -0.1) is 0 Å². The van der Waals surface area contributed by atoms with Crippen LogP contribution in [0.3, 0.4) is 0 Å². The van der Waals surface area contributed by atoms with Crippen molar-refractivity contribution in [1.82, 2.24) is 15.1 Å². The molecule has 1 aliphatic rings. The van der Waals surface area contributed by atoms with E-state index < -0.39 is 6.04 Å². The summed E-state index contributed by atoms with van der Waals surface area (Å²) in [7, 11) is 0. The topological polar surface area (TPSA) is 76.4 Å². The molecule has 3 aromatic rings. The summed E-state index contributed by atoms with van der Waals surface area (Å²) in [5, 5.41) is 11.9. The minimum absolute atomic E-state index is 0.0499. The highest BCUT2D eigenvalue weighted by Gasteiger charge is 2.29. The van der Waals surface area contributed by atoms with Gasteiger partial charge < -0.3 is 10.2 Å². The molecule has 1 fully saturated rings. The fourth-order valence-corrected chi connectivity index (χ4v) is 4.17. The molecule has 0 aliphatic carbocycles. The van der Waals surface area contributed by atoms with Gasteiger partial charge in [-0.25, -0.2) is 0 Å². The molecule has 1 aliphatic heterocycles. The summed E-state index contributed by atoms with van der Waals surface area (Å²) in [6.45, 7) is 3.53. The molecule has 0 saturated carbocycles. The highest BCUT2D eigenvalue weighted by atomic mass is 16.2. The van der Waals surface area contributed by atoms with Gasteiger partial charge in [0.05, 0.1) is 11.6 Å². The second-order valence-corrected chi connectivity index (χ2v) is 8.49. The molecule has 1 unspecified atom stereocenters. The van der Waals surface area contributed by atoms with Gasteiger partial charge in [0.2, 0.25) is 5.91 Å². The fraction of sp³-hybridized carbons (Fsp3) is 0.250. The van der Waals surface area contributed by atoms with Gasteiger partial charge in [0.1, 0.15) is 6.04 Å². The largest absolute Gasteiger partial charge is 0.340 e. The molecule has 6 heteroatoms. The number of nitrogens with zero attached hydrogens (tertiary/aromatic N) is 3. The number of rotatable bonds is 7. The molecule has 1 atom stereocenters. The summed E-state index contributed by atoms with van der Waals surface area (Å²) in [6, 6.07) is 27.9. The first-order valence-corrected chi connectivity index (χ1v) is 11.5. The average Bonchev–Trinajstić information content (AvgIpc) is 2.90. The highest BCUT2D eigenvalue weighted by Crippen LogP contribution is 2.13. The van der Waals surface area contributed by atoms with E-state index >= 15 is 0 Å². The molecule has 2 amide bonds. The van der Waals surface area contributed by atoms with Crippen molar-refractivity contribution in [2.45, 2.75) is 19.0 Å². The van der Waals surface area contributed by atoms with Crippen LogP contribution in [0.25, 0.3) is 0 Å². The number of hydrogen-bond acceptors (Lipinski definition) is 4. The average molecular weight is 453 g/mol. The Hall–Kier alpha value is -3.95. The van der Waals surface area contributed by atoms with E-state index in [-0.39, 0.29) is 11.8 Å². The number of piperazine rings is 1. The number of benzene rings is 3. The van der Waals surface area contributed by atoms with Gasteiger partial charge in [0.15, 0.2) is 0 Å². The summed E-state index contributed by atoms with van der Waals surface area (Å²) >= 11 is 0. The van der Waals surface area contributed by atoms with Crippen molar-refractivity contribution in [3.63, 3.8) is 0 Å². The molecular formula is C28H28N4O2. The molecule has 6 nitrogen and oxygen atoms in total. The number of carbonyl (C=O) groups is 2. The Kier molecular flexibility index (Phi) is 7.69. The van der Waals surface area contributed by atoms with Gasteiger partial charge in [-0.1, -0.05) is 60.7 Å². The summed E-state index contributed by atoms with van der Waals surface area (Å²) in [5.74, 6) is -0.291. The lowest BCUT2D eigenvalue weighted by Crippen LogP contribution is -2.55. The molecule has 0 bridgehead atoms. The van der Waals surface area contributed by atoms with Gasteiger partial charge >= 0.3 is 0 Å². The van der Waals surface area contributed by atoms with E-state index in [1.54, 1.807) is 12.1 Å². The molecule has 34 heavy (non-hydrogen) atoms. The number of nitrogens with one attached hydrogen (secondary N) is 1. The first-order chi connectivity index (χ1) is 16.6. The second-order valence-electron chi connectivity index (χ2n) is 8.49. The lowest BCUT2D eigenvalue weighted by Gasteiger charge is -2.36. The van der Waals surface area contributed by atoms with Gasteiger partial charge in [0.25, 0.3) is 5.91 Å². The molecule has 4 rings (SSSR count). The molecule has 0 radical (unpaired) electrons. The van der Waals surface area contributed by atoms with Gasteiger partial charge in [0, 0.05) is 44.7 Å². The molecule has 3 aromatic carbocycles. The minimum atomic E-state index is -0.625. The first kappa shape index (κ1) is 23.2. The summed E-state index contributed by atoms with van der Waals surface area (Å²) < 4.78 is 0. The van der Waals surface area contributed by atoms with E-state index in [2.05, 4.69) is 16.3 Å². The van der Waals surface area contributed by atoms with E-state index in [0.717, 1.165) is 30.8 Å². The maximum absolute atomic E-state index is 13.5. The van der Waals surface area contributed by atoms with E-state index in [4.69, 9.17) is 5.26 Å². The standard InChI is InChI=1S/C28H28N4O2/c29-20-23-11-13-24(14-12-23)21-31-15-17-32(18-16-31)28(34)26(19-22-7-3-1-4-8-22)30-27(33)25-9-5-2-6-10-25/h1-14,26H,15-19,21H2,(H,30,33). The van der Waals surface area contributed by atoms with Crippen LogP contribution >= 0.6 is 0 Å². The fourth-order valence-electron chi connectivity index (χ4n) is 4.17. The van der Waals surface area contributed by atoms with E-state index in [9.17, 15) is 9.59 Å². The van der Waals surface area contributed by atoms with Gasteiger partial charge in [-0.3, -0.25) is 14.5 Å². The number of carbonyl (C=O) groups excluding carboxylic acids is 2. The molecule has 1 saturated heterocycles. The Bertz CT molecular complexity index is 1130. The number of hydrogen-bond donors (Lipinski definition) is 1. The maximum atomic E-state index is 13.5. The van der Waals surface area contributed by atoms with Crippen molar-refractivity contribution < 1.29 is 9.59 Å². The van der Waals surface area contributed by atoms with Gasteiger partial charge in [-0.2, -0.15) is 5.26 Å². The van der Waals surface area contributed by atoms with Crippen molar-refractivity contribution in [2.75, 3.05) is 26.2 Å². The summed E-state index contributed by atoms with van der Waals surface area (Å²) in [4.78, 5) is 30.5. The molecule has 0 spiro atoms. The van der Waals surface area contributed by atoms with Crippen LogP contribution in [0.4, 0.5) is 0 Å². The molecular weight excluding hydrogens is 424 g/mol. The Balaban J connectivity index is 1.39. The van der Waals surface area contributed by atoms with Crippen LogP contribution in [0.2, 0.25) is 0 Å². The molecule has 0 aromatic heterocycles. The first-order valence-electron chi connectivity index (χ1n) is 11.5. The molecule has 1 heterocycles. The lowest BCUT2D eigenvalue weighted by molar-refractivity contribution is -0.135. The van der Waals surface area contributed by atoms with Crippen LogP contribution in [0, 0.1) is 11.3 Å². The Labute approximate surface area is 200 Å². The minimum Gasteiger partial charge on any atom is -0.340 e. The second kappa shape index (κ2) is 11.3. The van der Waals surface area contributed by atoms with Crippen molar-refractivity contribution in [3.05, 3.63) is 107 Å². The Morgan fingerprint density at radius 1 is 0.824 bits per heavy atom. The third-order valence-electron chi connectivity index (χ3n) is 6.10. The predicted octanol–water partition coefficient (Wildman–Crippen LogP) is 3.24. The number of nitriles is 1. The zero-order chi connectivity index (χ0) is 23.8. The van der Waals surface area contributed by atoms with Crippen LogP contribution < -0.4 is 5.32 Å². The van der Waals surface area contributed by atoms with E-state index in [0.29, 0.717) is 30.6 Å². The zero-order valence-corrected chi connectivity index (χ0v) is 19.1. The SMILES string of the molecule is N#Cc1ccc(CN2CCN(C(=O)C(Cc3ccccc3)NC(=O)c3ccccc3)CC2)cc1. The van der Waals surface area contributed by atoms with Crippen molar-refractivity contribution in [3.8, 4) is 6.07 Å². The van der Waals surface area contributed by atoms with Crippen LogP contribution in [0.5, 0.6) is 0 Å². The third kappa shape index (κ3) is 6.09. The normalized spacial score (nSPS) is 14.7. The van der Waals surface area contributed by atoms with Crippen LogP contribution in [-0.4, -0.2) is 53.8 Å². The monoisotopic (exact) mass is 452 g/mol. The predicted molar refractivity (Wildman–Crippen MR) is 131 cm³/mol. The van der Waals surface area contributed by atoms with Crippen molar-refractivity contribution in [2.24, 2.45) is 0 Å². The van der Waals surface area contributed by atoms with Crippen molar-refractivity contribution in [1.29, 1.82) is 5.26 Å². The highest BCUT2D eigenvalue weighted by molar-refractivity contribution is 5.97. The Morgan fingerprint density at radius 2 is 1.44 bits per heavy atom. The van der Waals surface area contributed by atoms with Crippen LogP contribution in [-0.2, 0) is 17.8 Å². The van der Waals surface area contributed by atoms with Crippen LogP contribution in [0.15, 0.2) is 84.9 Å².